The molecule has 0 bridgehead atoms. The number of hydrogen-bond acceptors (Lipinski definition) is 4. The summed E-state index contributed by atoms with van der Waals surface area (Å²) in [4.78, 5) is 8.00. The molecule has 3 atom stereocenters. The van der Waals surface area contributed by atoms with E-state index < -0.39 is 0 Å². The van der Waals surface area contributed by atoms with Crippen molar-refractivity contribution >= 4 is 11.3 Å². The number of likely N-dealkylation sites (N-methyl/N-ethyl adjacent to an activating group) is 1. The first-order chi connectivity index (χ1) is 11.5. The lowest BCUT2D eigenvalue weighted by atomic mass is 10.0. The van der Waals surface area contributed by atoms with Gasteiger partial charge in [-0.3, -0.25) is 4.90 Å². The van der Waals surface area contributed by atoms with Crippen molar-refractivity contribution in [2.75, 3.05) is 13.6 Å². The highest BCUT2D eigenvalue weighted by atomic mass is 32.1. The Balaban J connectivity index is 1.66. The zero-order chi connectivity index (χ0) is 17.3. The van der Waals surface area contributed by atoms with Gasteiger partial charge in [-0.05, 0) is 44.4 Å². The second-order valence-corrected chi connectivity index (χ2v) is 7.93. The van der Waals surface area contributed by atoms with Crippen LogP contribution in [0.25, 0.3) is 10.4 Å². The molecular weight excluding hydrogens is 314 g/mol. The number of nitrogens with zero attached hydrogens (tertiary/aromatic N) is 2. The van der Waals surface area contributed by atoms with Gasteiger partial charge in [-0.15, -0.1) is 11.3 Å². The van der Waals surface area contributed by atoms with Crippen LogP contribution in [0.3, 0.4) is 0 Å². The number of likely N-dealkylation sites (tertiary alicyclic amines) is 1. The summed E-state index contributed by atoms with van der Waals surface area (Å²) in [6.45, 7) is 12.0. The molecule has 24 heavy (non-hydrogen) atoms. The molecule has 0 aliphatic carbocycles. The first-order valence-electron chi connectivity index (χ1n) is 8.61. The van der Waals surface area contributed by atoms with E-state index in [0.717, 1.165) is 23.9 Å². The van der Waals surface area contributed by atoms with Crippen molar-refractivity contribution < 1.29 is 0 Å². The zero-order valence-corrected chi connectivity index (χ0v) is 15.9. The number of nitrogens with one attached hydrogen (secondary N) is 1. The average Bonchev–Trinajstić information content (AvgIpc) is 3.12. The van der Waals surface area contributed by atoms with Gasteiger partial charge in [0, 0.05) is 24.3 Å². The topological polar surface area (TPSA) is 28.2 Å². The molecule has 0 spiro atoms. The average molecular weight is 342 g/mol. The molecule has 128 valence electrons. The summed E-state index contributed by atoms with van der Waals surface area (Å²) in [6.07, 6.45) is 1.19. The van der Waals surface area contributed by atoms with Gasteiger partial charge in [-0.2, -0.15) is 0 Å². The van der Waals surface area contributed by atoms with E-state index in [9.17, 15) is 0 Å². The minimum Gasteiger partial charge on any atom is -0.381 e. The van der Waals surface area contributed by atoms with Crippen molar-refractivity contribution in [2.24, 2.45) is 5.92 Å². The third-order valence-corrected chi connectivity index (χ3v) is 5.96. The number of thiazole rings is 1. The van der Waals surface area contributed by atoms with E-state index in [4.69, 9.17) is 0 Å². The van der Waals surface area contributed by atoms with Gasteiger partial charge in [0.15, 0.2) is 0 Å². The first kappa shape index (κ1) is 17.2. The monoisotopic (exact) mass is 341 g/mol. The summed E-state index contributed by atoms with van der Waals surface area (Å²) in [5.41, 5.74) is 6.68. The van der Waals surface area contributed by atoms with Crippen LogP contribution in [0, 0.1) is 12.8 Å². The van der Waals surface area contributed by atoms with Gasteiger partial charge >= 0.3 is 0 Å². The smallest absolute Gasteiger partial charge is 0.0801 e. The zero-order valence-electron chi connectivity index (χ0n) is 15.0. The summed E-state index contributed by atoms with van der Waals surface area (Å²) in [5.74, 6) is 0.746. The fourth-order valence-corrected chi connectivity index (χ4v) is 4.43. The second kappa shape index (κ2) is 7.08. The van der Waals surface area contributed by atoms with Gasteiger partial charge in [0.25, 0.3) is 0 Å². The minimum absolute atomic E-state index is 0.262. The Bertz CT molecular complexity index is 704. The molecule has 2 aromatic rings. The van der Waals surface area contributed by atoms with Gasteiger partial charge in [0.2, 0.25) is 0 Å². The fourth-order valence-electron chi connectivity index (χ4n) is 3.62. The lowest BCUT2D eigenvalue weighted by molar-refractivity contribution is 0.326. The number of hydrogen-bond donors (Lipinski definition) is 1. The van der Waals surface area contributed by atoms with Crippen LogP contribution in [0.15, 0.2) is 42.1 Å². The molecule has 3 rings (SSSR count). The predicted octanol–water partition coefficient (Wildman–Crippen LogP) is 4.62. The van der Waals surface area contributed by atoms with Crippen LogP contribution >= 0.6 is 11.3 Å². The SMILES string of the molecule is C=C(NC(C)c1ccc(-c2scnc2C)cc1)C1CC(C)CN1C. The molecular formula is C20H27N3S. The maximum Gasteiger partial charge on any atom is 0.0801 e. The molecule has 1 aromatic carbocycles. The van der Waals surface area contributed by atoms with Crippen LogP contribution in [0.4, 0.5) is 0 Å². The van der Waals surface area contributed by atoms with Crippen LogP contribution < -0.4 is 5.32 Å². The summed E-state index contributed by atoms with van der Waals surface area (Å²) in [5, 5.41) is 3.61. The Labute approximate surface area is 149 Å². The van der Waals surface area contributed by atoms with E-state index in [-0.39, 0.29) is 6.04 Å². The van der Waals surface area contributed by atoms with Crippen molar-refractivity contribution in [3.8, 4) is 10.4 Å². The lowest BCUT2D eigenvalue weighted by Gasteiger charge is -2.26. The highest BCUT2D eigenvalue weighted by Gasteiger charge is 2.29. The largest absolute Gasteiger partial charge is 0.381 e. The quantitative estimate of drug-likeness (QED) is 0.860. The van der Waals surface area contributed by atoms with Crippen LogP contribution in [-0.4, -0.2) is 29.5 Å². The molecule has 1 aromatic heterocycles. The molecule has 1 aliphatic rings. The Hall–Kier alpha value is -1.65. The standard InChI is InChI=1S/C20H27N3S/c1-13-10-19(23(5)11-13)15(3)22-14(2)17-6-8-18(9-7-17)20-16(4)21-12-24-20/h6-9,12-14,19,22H,3,10-11H2,1-2,4-5H3. The van der Waals surface area contributed by atoms with Crippen molar-refractivity contribution in [1.29, 1.82) is 0 Å². The second-order valence-electron chi connectivity index (χ2n) is 7.08. The van der Waals surface area contributed by atoms with Gasteiger partial charge in [-0.25, -0.2) is 4.98 Å². The van der Waals surface area contributed by atoms with E-state index in [2.05, 4.69) is 73.9 Å². The van der Waals surface area contributed by atoms with Crippen molar-refractivity contribution in [3.63, 3.8) is 0 Å². The number of rotatable bonds is 5. The molecule has 3 unspecified atom stereocenters. The maximum atomic E-state index is 4.34. The maximum absolute atomic E-state index is 4.34. The lowest BCUT2D eigenvalue weighted by Crippen LogP contribution is -2.33. The molecule has 1 saturated heterocycles. The Morgan fingerprint density at radius 3 is 2.62 bits per heavy atom. The first-order valence-corrected chi connectivity index (χ1v) is 9.49. The molecule has 2 heterocycles. The van der Waals surface area contributed by atoms with Crippen LogP contribution in [-0.2, 0) is 0 Å². The van der Waals surface area contributed by atoms with E-state index in [1.807, 2.05) is 5.51 Å². The number of aryl methyl sites for hydroxylation is 1. The van der Waals surface area contributed by atoms with Crippen LogP contribution in [0.1, 0.15) is 37.6 Å². The highest BCUT2D eigenvalue weighted by Crippen LogP contribution is 2.29. The molecule has 4 heteroatoms. The van der Waals surface area contributed by atoms with E-state index in [0.29, 0.717) is 6.04 Å². The molecule has 1 N–H and O–H groups in total. The number of benzene rings is 1. The Morgan fingerprint density at radius 2 is 2.08 bits per heavy atom. The Kier molecular flexibility index (Phi) is 5.07. The molecule has 3 nitrogen and oxygen atoms in total. The highest BCUT2D eigenvalue weighted by molar-refractivity contribution is 7.13. The summed E-state index contributed by atoms with van der Waals surface area (Å²) < 4.78 is 0. The van der Waals surface area contributed by atoms with Gasteiger partial charge < -0.3 is 5.32 Å². The van der Waals surface area contributed by atoms with E-state index in [1.54, 1.807) is 11.3 Å². The predicted molar refractivity (Wildman–Crippen MR) is 103 cm³/mol. The molecule has 1 aliphatic heterocycles. The third-order valence-electron chi connectivity index (χ3n) is 4.98. The molecule has 0 radical (unpaired) electrons. The van der Waals surface area contributed by atoms with Crippen molar-refractivity contribution in [3.05, 3.63) is 53.3 Å². The van der Waals surface area contributed by atoms with Crippen LogP contribution in [0.2, 0.25) is 0 Å². The van der Waals surface area contributed by atoms with Gasteiger partial charge in [-0.1, -0.05) is 37.8 Å². The van der Waals surface area contributed by atoms with Gasteiger partial charge in [0.1, 0.15) is 0 Å². The molecule has 1 fully saturated rings. The minimum atomic E-state index is 0.262. The number of aromatic nitrogens is 1. The molecule has 0 saturated carbocycles. The van der Waals surface area contributed by atoms with E-state index >= 15 is 0 Å². The molecule has 0 amide bonds. The normalized spacial score (nSPS) is 22.5. The third kappa shape index (κ3) is 3.55. The van der Waals surface area contributed by atoms with Crippen molar-refractivity contribution in [2.45, 2.75) is 39.3 Å². The summed E-state index contributed by atoms with van der Waals surface area (Å²) >= 11 is 1.70. The van der Waals surface area contributed by atoms with Crippen LogP contribution in [0.5, 0.6) is 0 Å². The Morgan fingerprint density at radius 1 is 1.38 bits per heavy atom. The summed E-state index contributed by atoms with van der Waals surface area (Å²) in [7, 11) is 2.19. The van der Waals surface area contributed by atoms with Gasteiger partial charge in [0.05, 0.1) is 16.1 Å². The fraction of sp³-hybridized carbons (Fsp3) is 0.450. The van der Waals surface area contributed by atoms with Crippen molar-refractivity contribution in [1.82, 2.24) is 15.2 Å². The van der Waals surface area contributed by atoms with E-state index in [1.165, 1.54) is 22.4 Å². The summed E-state index contributed by atoms with van der Waals surface area (Å²) in [6, 6.07) is 9.52.